The number of nitrogens with one attached hydrogen (secondary N) is 1. The quantitative estimate of drug-likeness (QED) is 0.0715. The summed E-state index contributed by atoms with van der Waals surface area (Å²) in [6.07, 6.45) is 12.4. The molecule has 0 aliphatic rings. The van der Waals surface area contributed by atoms with Gasteiger partial charge < -0.3 is 20.4 Å². The van der Waals surface area contributed by atoms with E-state index in [0.29, 0.717) is 13.1 Å². The molecule has 3 N–H and O–H groups in total. The predicted octanol–water partition coefficient (Wildman–Crippen LogP) is 6.30. The van der Waals surface area contributed by atoms with Gasteiger partial charge in [0.25, 0.3) is 0 Å². The summed E-state index contributed by atoms with van der Waals surface area (Å²) < 4.78 is 3.97. The van der Waals surface area contributed by atoms with Crippen LogP contribution in [-0.2, 0) is 13.1 Å². The van der Waals surface area contributed by atoms with E-state index in [0.717, 1.165) is 30.3 Å². The topological polar surface area (TPSA) is 63.5 Å². The molecule has 0 spiro atoms. The Morgan fingerprint density at radius 2 is 1.16 bits per heavy atom. The molecule has 0 atom stereocenters. The average Bonchev–Trinajstić information content (AvgIpc) is 3.06. The first kappa shape index (κ1) is 34.3. The van der Waals surface area contributed by atoms with Crippen molar-refractivity contribution < 1.29 is 19.3 Å². The van der Waals surface area contributed by atoms with Gasteiger partial charge in [-0.2, -0.15) is 0 Å². The first-order valence-electron chi connectivity index (χ1n) is 15.4. The van der Waals surface area contributed by atoms with E-state index >= 15 is 0 Å². The van der Waals surface area contributed by atoms with Gasteiger partial charge in [0.1, 0.15) is 13.2 Å². The number of aliphatic hydroxyl groups excluding tert-OH is 2. The fourth-order valence-corrected chi connectivity index (χ4v) is 6.77. The molecule has 0 unspecified atom stereocenters. The van der Waals surface area contributed by atoms with Gasteiger partial charge in [-0.1, -0.05) is 58.0 Å². The Balaban J connectivity index is 1.12. The van der Waals surface area contributed by atoms with Crippen LogP contribution >= 0.6 is 21.6 Å². The molecule has 0 aliphatic carbocycles. The van der Waals surface area contributed by atoms with Crippen LogP contribution in [-0.4, -0.2) is 55.1 Å². The predicted molar refractivity (Wildman–Crippen MR) is 194 cm³/mol. The molecule has 0 aliphatic heterocycles. The lowest BCUT2D eigenvalue weighted by atomic mass is 10.1. The van der Waals surface area contributed by atoms with Gasteiger partial charge in [-0.05, 0) is 71.5 Å². The number of aliphatic hydroxyl groups is 2. The van der Waals surface area contributed by atoms with Gasteiger partial charge in [0.05, 0.1) is 0 Å². The summed E-state index contributed by atoms with van der Waals surface area (Å²) in [4.78, 5) is 2.31. The number of aromatic nitrogens is 2. The fourth-order valence-electron chi connectivity index (χ4n) is 4.82. The summed E-state index contributed by atoms with van der Waals surface area (Å²) in [5.74, 6) is 2.11. The van der Waals surface area contributed by atoms with E-state index in [1.165, 1.54) is 39.1 Å². The maximum atomic E-state index is 9.10. The number of anilines is 2. The Labute approximate surface area is 276 Å². The minimum Gasteiger partial charge on any atom is -0.390 e. The number of hydrogen-bond donors (Lipinski definition) is 3. The summed E-state index contributed by atoms with van der Waals surface area (Å²) in [6, 6.07) is 25.7. The van der Waals surface area contributed by atoms with Crippen molar-refractivity contribution in [1.82, 2.24) is 0 Å². The van der Waals surface area contributed by atoms with E-state index in [2.05, 4.69) is 116 Å². The maximum absolute atomic E-state index is 9.10. The second-order valence-corrected chi connectivity index (χ2v) is 13.7. The molecule has 2 aromatic carbocycles. The van der Waals surface area contributed by atoms with E-state index < -0.39 is 0 Å². The Morgan fingerprint density at radius 1 is 0.689 bits per heavy atom. The molecule has 236 valence electrons. The largest absolute Gasteiger partial charge is 0.390 e. The van der Waals surface area contributed by atoms with Crippen molar-refractivity contribution in [2.45, 2.75) is 26.9 Å². The highest BCUT2D eigenvalue weighted by atomic mass is 33.1. The fraction of sp³-hybridized carbons (Fsp3) is 0.297. The van der Waals surface area contributed by atoms with Crippen LogP contribution in [0.15, 0.2) is 97.6 Å². The molecule has 0 saturated heterocycles. The zero-order chi connectivity index (χ0) is 31.9. The van der Waals surface area contributed by atoms with Crippen LogP contribution in [0.25, 0.3) is 23.3 Å². The van der Waals surface area contributed by atoms with Crippen LogP contribution in [0.1, 0.15) is 36.1 Å². The molecule has 6 nitrogen and oxygen atoms in total. The van der Waals surface area contributed by atoms with Gasteiger partial charge in [0.15, 0.2) is 37.9 Å². The highest BCUT2D eigenvalue weighted by Gasteiger charge is 2.05. The first-order chi connectivity index (χ1) is 21.9. The van der Waals surface area contributed by atoms with Gasteiger partial charge in [0.2, 0.25) is 0 Å². The third-order valence-electron chi connectivity index (χ3n) is 7.53. The molecular weight excluding hydrogens is 597 g/mol. The second kappa shape index (κ2) is 18.4. The highest BCUT2D eigenvalue weighted by molar-refractivity contribution is 8.76. The number of hydrogen-bond acceptors (Lipinski definition) is 6. The number of nitrogens with zero attached hydrogens (tertiary/aromatic N) is 3. The molecule has 0 bridgehead atoms. The van der Waals surface area contributed by atoms with E-state index in [1.54, 1.807) is 0 Å². The SMILES string of the molecule is C/C(=C\c1ccc(NCCSSCCN(C)c2ccc(/C=C(\C)c3cc[n+](CCO)cc3)cc2)cc1)c1cc[n+](CCO)cc1. The molecule has 2 heterocycles. The Morgan fingerprint density at radius 3 is 1.64 bits per heavy atom. The van der Waals surface area contributed by atoms with Crippen molar-refractivity contribution in [2.24, 2.45) is 0 Å². The molecule has 0 radical (unpaired) electrons. The van der Waals surface area contributed by atoms with Crippen molar-refractivity contribution in [3.63, 3.8) is 0 Å². The molecule has 4 aromatic rings. The van der Waals surface area contributed by atoms with Crippen LogP contribution in [0.5, 0.6) is 0 Å². The first-order valence-corrected chi connectivity index (χ1v) is 17.9. The Kier molecular flexibility index (Phi) is 14.0. The lowest BCUT2D eigenvalue weighted by Gasteiger charge is -2.19. The molecule has 4 rings (SSSR count). The van der Waals surface area contributed by atoms with Gasteiger partial charge >= 0.3 is 0 Å². The molecule has 0 fully saturated rings. The monoisotopic (exact) mass is 642 g/mol. The molecule has 0 saturated carbocycles. The maximum Gasteiger partial charge on any atom is 0.171 e. The third kappa shape index (κ3) is 11.4. The lowest BCUT2D eigenvalue weighted by Crippen LogP contribution is -2.34. The Hall–Kier alpha value is -3.56. The minimum atomic E-state index is 0.147. The van der Waals surface area contributed by atoms with Crippen LogP contribution in [0, 0.1) is 0 Å². The molecular formula is C37H46N4O2S2+2. The van der Waals surface area contributed by atoms with Crippen molar-refractivity contribution in [3.05, 3.63) is 120 Å². The number of benzene rings is 2. The van der Waals surface area contributed by atoms with E-state index in [9.17, 15) is 0 Å². The van der Waals surface area contributed by atoms with Crippen LogP contribution in [0.2, 0.25) is 0 Å². The summed E-state index contributed by atoms with van der Waals surface area (Å²) in [6.45, 7) is 7.72. The van der Waals surface area contributed by atoms with Gasteiger partial charge in [0, 0.05) is 67.3 Å². The highest BCUT2D eigenvalue weighted by Crippen LogP contribution is 2.24. The van der Waals surface area contributed by atoms with E-state index in [-0.39, 0.29) is 13.2 Å². The summed E-state index contributed by atoms with van der Waals surface area (Å²) >= 11 is 0. The lowest BCUT2D eigenvalue weighted by molar-refractivity contribution is -0.698. The van der Waals surface area contributed by atoms with Crippen LogP contribution in [0.3, 0.4) is 0 Å². The number of pyridine rings is 2. The Bertz CT molecular complexity index is 1500. The normalized spacial score (nSPS) is 11.9. The van der Waals surface area contributed by atoms with Crippen molar-refractivity contribution in [3.8, 4) is 0 Å². The van der Waals surface area contributed by atoms with E-state index in [1.807, 2.05) is 55.5 Å². The van der Waals surface area contributed by atoms with Gasteiger partial charge in [-0.15, -0.1) is 0 Å². The molecule has 0 amide bonds. The molecule has 2 aromatic heterocycles. The van der Waals surface area contributed by atoms with Crippen LogP contribution in [0.4, 0.5) is 11.4 Å². The van der Waals surface area contributed by atoms with Crippen LogP contribution < -0.4 is 19.4 Å². The zero-order valence-corrected chi connectivity index (χ0v) is 28.2. The van der Waals surface area contributed by atoms with E-state index in [4.69, 9.17) is 10.2 Å². The smallest absolute Gasteiger partial charge is 0.171 e. The minimum absolute atomic E-state index is 0.147. The van der Waals surface area contributed by atoms with Crippen molar-refractivity contribution in [2.75, 3.05) is 55.1 Å². The summed E-state index contributed by atoms with van der Waals surface area (Å²) in [5.41, 5.74) is 9.53. The number of allylic oxidation sites excluding steroid dienone is 2. The molecule has 45 heavy (non-hydrogen) atoms. The summed E-state index contributed by atoms with van der Waals surface area (Å²) in [7, 11) is 5.99. The molecule has 8 heteroatoms. The van der Waals surface area contributed by atoms with Crippen molar-refractivity contribution in [1.29, 1.82) is 0 Å². The third-order valence-corrected chi connectivity index (χ3v) is 9.91. The average molecular weight is 643 g/mol. The van der Waals surface area contributed by atoms with Crippen molar-refractivity contribution >= 4 is 56.3 Å². The zero-order valence-electron chi connectivity index (χ0n) is 26.6. The van der Waals surface area contributed by atoms with Gasteiger partial charge in [-0.3, -0.25) is 0 Å². The number of rotatable bonds is 17. The standard InChI is InChI=1S/C37H45N4O2S2/c1-30(34-12-17-40(18-13-34)21-24-42)28-32-4-8-36(9-5-32)38-16-26-44-45-27-23-39(3)37-10-6-33(7-11-37)29-31(2)35-14-19-41(20-15-35)22-25-43/h4-15,17-20,28-29,42-43H,16,21-27H2,1-3H3/q+1/p+1. The summed E-state index contributed by atoms with van der Waals surface area (Å²) in [5, 5.41) is 21.7. The second-order valence-electron chi connectivity index (χ2n) is 11.0. The van der Waals surface area contributed by atoms with Gasteiger partial charge in [-0.25, -0.2) is 9.13 Å².